The van der Waals surface area contributed by atoms with Gasteiger partial charge in [0, 0.05) is 25.3 Å². The second kappa shape index (κ2) is 11.6. The molecule has 0 radical (unpaired) electrons. The van der Waals surface area contributed by atoms with E-state index in [-0.39, 0.29) is 30.7 Å². The highest BCUT2D eigenvalue weighted by atomic mass is 35.5. The van der Waals surface area contributed by atoms with Crippen molar-refractivity contribution in [3.8, 4) is 0 Å². The molecule has 1 heterocycles. The zero-order chi connectivity index (χ0) is 15.9. The lowest BCUT2D eigenvalue weighted by Gasteiger charge is -2.34. The zero-order valence-corrected chi connectivity index (χ0v) is 16.3. The summed E-state index contributed by atoms with van der Waals surface area (Å²) in [7, 11) is 0. The van der Waals surface area contributed by atoms with Gasteiger partial charge in [0.15, 0.2) is 0 Å². The van der Waals surface area contributed by atoms with Crippen molar-refractivity contribution in [2.75, 3.05) is 31.9 Å². The number of amides is 1. The average Bonchev–Trinajstić information content (AvgIpc) is 2.45. The Morgan fingerprint density at radius 3 is 2.33 bits per heavy atom. The van der Waals surface area contributed by atoms with Crippen LogP contribution >= 0.6 is 24.8 Å². The van der Waals surface area contributed by atoms with Crippen LogP contribution in [0.2, 0.25) is 0 Å². The van der Waals surface area contributed by atoms with Crippen LogP contribution in [0.3, 0.4) is 0 Å². The lowest BCUT2D eigenvalue weighted by Crippen LogP contribution is -2.40. The number of nitrogen functional groups attached to an aromatic ring is 1. The van der Waals surface area contributed by atoms with Crippen molar-refractivity contribution in [2.24, 2.45) is 11.8 Å². The topological polar surface area (TPSA) is 58.4 Å². The van der Waals surface area contributed by atoms with E-state index in [9.17, 15) is 4.79 Å². The van der Waals surface area contributed by atoms with Crippen molar-refractivity contribution in [2.45, 2.75) is 33.1 Å². The largest absolute Gasteiger partial charge is 0.399 e. The fourth-order valence-corrected chi connectivity index (χ4v) is 3.39. The Balaban J connectivity index is 0.00000264. The third kappa shape index (κ3) is 8.22. The molecule has 1 amide bonds. The number of hydrogen-bond donors (Lipinski definition) is 2. The first kappa shape index (κ1) is 23.0. The minimum Gasteiger partial charge on any atom is -0.399 e. The van der Waals surface area contributed by atoms with E-state index in [1.165, 1.54) is 19.5 Å². The van der Waals surface area contributed by atoms with Gasteiger partial charge < -0.3 is 16.0 Å². The maximum atomic E-state index is 11.9. The van der Waals surface area contributed by atoms with Crippen LogP contribution in [0.25, 0.3) is 0 Å². The molecule has 2 atom stereocenters. The summed E-state index contributed by atoms with van der Waals surface area (Å²) in [6.45, 7) is 8.89. The van der Waals surface area contributed by atoms with E-state index in [0.29, 0.717) is 6.42 Å². The number of anilines is 1. The Kier molecular flexibility index (Phi) is 11.1. The fraction of sp³-hybridized carbons (Fsp3) is 0.611. The molecule has 2 unspecified atom stereocenters. The van der Waals surface area contributed by atoms with Crippen LogP contribution in [0.1, 0.15) is 32.3 Å². The summed E-state index contributed by atoms with van der Waals surface area (Å²) >= 11 is 0. The number of likely N-dealkylation sites (tertiary alicyclic amines) is 1. The van der Waals surface area contributed by atoms with Crippen LogP contribution < -0.4 is 11.1 Å². The van der Waals surface area contributed by atoms with Crippen molar-refractivity contribution in [3.05, 3.63) is 29.8 Å². The van der Waals surface area contributed by atoms with Crippen LogP contribution in [-0.4, -0.2) is 37.0 Å². The Hall–Kier alpha value is -0.970. The Morgan fingerprint density at radius 1 is 1.17 bits per heavy atom. The first-order valence-electron chi connectivity index (χ1n) is 8.36. The van der Waals surface area contributed by atoms with Crippen molar-refractivity contribution in [1.29, 1.82) is 0 Å². The number of nitrogens with zero attached hydrogens (tertiary/aromatic N) is 1. The molecular formula is C18H31Cl2N3O. The Labute approximate surface area is 158 Å². The lowest BCUT2D eigenvalue weighted by atomic mass is 9.92. The number of rotatable bonds is 6. The molecule has 1 aromatic rings. The number of carbonyl (C=O) groups is 1. The summed E-state index contributed by atoms with van der Waals surface area (Å²) in [4.78, 5) is 14.4. The van der Waals surface area contributed by atoms with E-state index >= 15 is 0 Å². The monoisotopic (exact) mass is 375 g/mol. The molecule has 1 saturated heterocycles. The number of nitrogens with one attached hydrogen (secondary N) is 1. The minimum atomic E-state index is 0. The molecule has 2 rings (SSSR count). The van der Waals surface area contributed by atoms with Gasteiger partial charge >= 0.3 is 0 Å². The average molecular weight is 376 g/mol. The van der Waals surface area contributed by atoms with Crippen LogP contribution in [-0.2, 0) is 11.2 Å². The fourth-order valence-electron chi connectivity index (χ4n) is 3.39. The van der Waals surface area contributed by atoms with Crippen LogP contribution in [0.15, 0.2) is 24.3 Å². The number of halogens is 2. The standard InChI is InChI=1S/C18H29N3O.2ClH/c1-14-10-15(2)13-21(12-14)9-3-8-20-18(22)11-16-4-6-17(19)7-5-16;;/h4-7,14-15H,3,8-13,19H2,1-2H3,(H,20,22);2*1H. The maximum Gasteiger partial charge on any atom is 0.224 e. The van der Waals surface area contributed by atoms with Gasteiger partial charge in [-0.2, -0.15) is 0 Å². The first-order valence-corrected chi connectivity index (χ1v) is 8.36. The van der Waals surface area contributed by atoms with E-state index in [2.05, 4.69) is 24.1 Å². The van der Waals surface area contributed by atoms with Crippen molar-refractivity contribution in [3.63, 3.8) is 0 Å². The number of carbonyl (C=O) groups excluding carboxylic acids is 1. The molecule has 138 valence electrons. The SMILES string of the molecule is CC1CC(C)CN(CCCNC(=O)Cc2ccc(N)cc2)C1.Cl.Cl. The second-order valence-electron chi connectivity index (χ2n) is 6.83. The molecule has 1 aliphatic rings. The number of piperidine rings is 1. The van der Waals surface area contributed by atoms with Gasteiger partial charge in [-0.05, 0) is 48.9 Å². The maximum absolute atomic E-state index is 11.9. The van der Waals surface area contributed by atoms with E-state index in [0.717, 1.165) is 42.6 Å². The first-order chi connectivity index (χ1) is 10.5. The molecule has 3 N–H and O–H groups in total. The van der Waals surface area contributed by atoms with Gasteiger partial charge in [0.2, 0.25) is 5.91 Å². The van der Waals surface area contributed by atoms with Gasteiger partial charge in [0.05, 0.1) is 6.42 Å². The molecule has 0 spiro atoms. The molecular weight excluding hydrogens is 345 g/mol. The molecule has 6 heteroatoms. The predicted molar refractivity (Wildman–Crippen MR) is 106 cm³/mol. The van der Waals surface area contributed by atoms with Crippen molar-refractivity contribution in [1.82, 2.24) is 10.2 Å². The van der Waals surface area contributed by atoms with Crippen LogP contribution in [0.4, 0.5) is 5.69 Å². The molecule has 0 saturated carbocycles. The predicted octanol–water partition coefficient (Wildman–Crippen LogP) is 3.14. The summed E-state index contributed by atoms with van der Waals surface area (Å²) < 4.78 is 0. The van der Waals surface area contributed by atoms with E-state index in [1.807, 2.05) is 24.3 Å². The molecule has 1 aliphatic heterocycles. The van der Waals surface area contributed by atoms with Crippen LogP contribution in [0, 0.1) is 11.8 Å². The molecule has 0 aliphatic carbocycles. The van der Waals surface area contributed by atoms with Crippen LogP contribution in [0.5, 0.6) is 0 Å². The van der Waals surface area contributed by atoms with E-state index < -0.39 is 0 Å². The highest BCUT2D eigenvalue weighted by molar-refractivity contribution is 5.85. The normalized spacial score (nSPS) is 20.6. The highest BCUT2D eigenvalue weighted by Crippen LogP contribution is 2.20. The molecule has 4 nitrogen and oxygen atoms in total. The summed E-state index contributed by atoms with van der Waals surface area (Å²) in [6.07, 6.45) is 2.79. The molecule has 1 aromatic carbocycles. The van der Waals surface area contributed by atoms with E-state index in [4.69, 9.17) is 5.73 Å². The van der Waals surface area contributed by atoms with Gasteiger partial charge in [-0.15, -0.1) is 24.8 Å². The number of nitrogens with two attached hydrogens (primary N) is 1. The summed E-state index contributed by atoms with van der Waals surface area (Å²) in [5, 5.41) is 3.01. The van der Waals surface area contributed by atoms with E-state index in [1.54, 1.807) is 0 Å². The Morgan fingerprint density at radius 2 is 1.75 bits per heavy atom. The third-order valence-corrected chi connectivity index (χ3v) is 4.26. The third-order valence-electron chi connectivity index (χ3n) is 4.26. The quantitative estimate of drug-likeness (QED) is 0.592. The molecule has 0 aromatic heterocycles. The molecule has 1 fully saturated rings. The summed E-state index contributed by atoms with van der Waals surface area (Å²) in [5.74, 6) is 1.68. The lowest BCUT2D eigenvalue weighted by molar-refractivity contribution is -0.120. The van der Waals surface area contributed by atoms with Gasteiger partial charge in [0.1, 0.15) is 0 Å². The second-order valence-corrected chi connectivity index (χ2v) is 6.83. The summed E-state index contributed by atoms with van der Waals surface area (Å²) in [6, 6.07) is 7.49. The Bertz CT molecular complexity index is 472. The number of hydrogen-bond acceptors (Lipinski definition) is 3. The molecule has 24 heavy (non-hydrogen) atoms. The van der Waals surface area contributed by atoms with Crippen molar-refractivity contribution >= 4 is 36.4 Å². The molecule has 0 bridgehead atoms. The van der Waals surface area contributed by atoms with Crippen molar-refractivity contribution < 1.29 is 4.79 Å². The minimum absolute atomic E-state index is 0. The zero-order valence-electron chi connectivity index (χ0n) is 14.7. The number of benzene rings is 1. The van der Waals surface area contributed by atoms with Gasteiger partial charge in [-0.1, -0.05) is 26.0 Å². The van der Waals surface area contributed by atoms with Gasteiger partial charge in [0.25, 0.3) is 0 Å². The highest BCUT2D eigenvalue weighted by Gasteiger charge is 2.20. The smallest absolute Gasteiger partial charge is 0.224 e. The summed E-state index contributed by atoms with van der Waals surface area (Å²) in [5.41, 5.74) is 7.38. The van der Waals surface area contributed by atoms with Gasteiger partial charge in [-0.3, -0.25) is 4.79 Å². The van der Waals surface area contributed by atoms with Gasteiger partial charge in [-0.25, -0.2) is 0 Å².